The fourth-order valence-electron chi connectivity index (χ4n) is 2.44. The second-order valence-corrected chi connectivity index (χ2v) is 4.82. The largest absolute Gasteiger partial charge is 0.211 e. The van der Waals surface area contributed by atoms with Crippen LogP contribution in [0.1, 0.15) is 18.4 Å². The van der Waals surface area contributed by atoms with Crippen LogP contribution in [0.3, 0.4) is 0 Å². The maximum absolute atomic E-state index is 13.9. The third kappa shape index (κ3) is 2.42. The second-order valence-electron chi connectivity index (χ2n) is 4.82. The van der Waals surface area contributed by atoms with Gasteiger partial charge in [0.05, 0.1) is 0 Å². The first-order chi connectivity index (χ1) is 9.75. The van der Waals surface area contributed by atoms with Gasteiger partial charge in [0, 0.05) is 17.6 Å². The Hall–Kier alpha value is -2.22. The Morgan fingerprint density at radius 2 is 1.65 bits per heavy atom. The molecule has 0 radical (unpaired) electrons. The van der Waals surface area contributed by atoms with Crippen molar-refractivity contribution < 1.29 is 8.78 Å². The highest BCUT2D eigenvalue weighted by atomic mass is 19.1. The van der Waals surface area contributed by atoms with Crippen molar-refractivity contribution in [3.8, 4) is 11.1 Å². The predicted molar refractivity (Wildman–Crippen MR) is 78.2 cm³/mol. The van der Waals surface area contributed by atoms with Gasteiger partial charge in [0.25, 0.3) is 0 Å². The molecule has 2 aromatic rings. The molecular weight excluding hydrogens is 254 g/mol. The molecule has 0 fully saturated rings. The Bertz CT molecular complexity index is 696. The summed E-state index contributed by atoms with van der Waals surface area (Å²) in [5.41, 5.74) is 2.70. The van der Waals surface area contributed by atoms with Crippen molar-refractivity contribution in [2.75, 3.05) is 0 Å². The summed E-state index contributed by atoms with van der Waals surface area (Å²) in [6.45, 7) is 0. The maximum atomic E-state index is 13.9. The zero-order chi connectivity index (χ0) is 13.9. The van der Waals surface area contributed by atoms with Crippen molar-refractivity contribution in [1.29, 1.82) is 0 Å². The molecule has 0 atom stereocenters. The van der Waals surface area contributed by atoms with E-state index in [0.29, 0.717) is 17.6 Å². The summed E-state index contributed by atoms with van der Waals surface area (Å²) in [5, 5.41) is 0. The molecule has 0 heterocycles. The normalized spacial score (nSPS) is 14.7. The van der Waals surface area contributed by atoms with E-state index >= 15 is 0 Å². The van der Waals surface area contributed by atoms with Crippen molar-refractivity contribution >= 4 is 5.57 Å². The van der Waals surface area contributed by atoms with Gasteiger partial charge in [-0.1, -0.05) is 48.6 Å². The monoisotopic (exact) mass is 268 g/mol. The molecule has 0 aromatic heterocycles. The standard InChI is InChI=1S/C18H14F2/c19-17-10-3-1-8-15(17)13-6-5-7-14(12-13)16-9-2-4-11-18(16)20/h1-3,5-10,12H,4,11H2. The van der Waals surface area contributed by atoms with Crippen LogP contribution in [-0.4, -0.2) is 0 Å². The fraction of sp³-hybridized carbons (Fsp3) is 0.111. The van der Waals surface area contributed by atoms with Gasteiger partial charge in [0.15, 0.2) is 0 Å². The number of allylic oxidation sites excluding steroid dienone is 4. The lowest BCUT2D eigenvalue weighted by Gasteiger charge is -2.11. The first-order valence-corrected chi connectivity index (χ1v) is 6.66. The van der Waals surface area contributed by atoms with Gasteiger partial charge in [-0.2, -0.15) is 0 Å². The molecule has 1 aliphatic rings. The molecule has 3 rings (SSSR count). The molecule has 1 aliphatic carbocycles. The summed E-state index contributed by atoms with van der Waals surface area (Å²) < 4.78 is 27.7. The van der Waals surface area contributed by atoms with Crippen LogP contribution in [0.25, 0.3) is 16.7 Å². The summed E-state index contributed by atoms with van der Waals surface area (Å²) >= 11 is 0. The van der Waals surface area contributed by atoms with Crippen LogP contribution < -0.4 is 0 Å². The first-order valence-electron chi connectivity index (χ1n) is 6.66. The van der Waals surface area contributed by atoms with E-state index in [1.54, 1.807) is 24.3 Å². The average Bonchev–Trinajstić information content (AvgIpc) is 2.48. The molecular formula is C18H14F2. The highest BCUT2D eigenvalue weighted by Gasteiger charge is 2.11. The molecule has 0 aliphatic heterocycles. The minimum absolute atomic E-state index is 0.0989. The van der Waals surface area contributed by atoms with Gasteiger partial charge in [-0.05, 0) is 29.7 Å². The molecule has 0 unspecified atom stereocenters. The van der Waals surface area contributed by atoms with Crippen molar-refractivity contribution in [3.05, 3.63) is 77.9 Å². The van der Waals surface area contributed by atoms with Crippen LogP contribution >= 0.6 is 0 Å². The average molecular weight is 268 g/mol. The van der Waals surface area contributed by atoms with E-state index < -0.39 is 0 Å². The third-order valence-corrected chi connectivity index (χ3v) is 3.47. The lowest BCUT2D eigenvalue weighted by Crippen LogP contribution is -1.92. The van der Waals surface area contributed by atoms with Gasteiger partial charge in [-0.3, -0.25) is 0 Å². The van der Waals surface area contributed by atoms with Gasteiger partial charge in [0.2, 0.25) is 0 Å². The van der Waals surface area contributed by atoms with Crippen LogP contribution in [-0.2, 0) is 0 Å². The topological polar surface area (TPSA) is 0 Å². The number of hydrogen-bond acceptors (Lipinski definition) is 0. The molecule has 0 saturated carbocycles. The van der Waals surface area contributed by atoms with Gasteiger partial charge in [-0.25, -0.2) is 8.78 Å². The van der Waals surface area contributed by atoms with Gasteiger partial charge >= 0.3 is 0 Å². The molecule has 0 saturated heterocycles. The minimum Gasteiger partial charge on any atom is -0.211 e. The highest BCUT2D eigenvalue weighted by molar-refractivity contribution is 5.79. The van der Waals surface area contributed by atoms with E-state index in [0.717, 1.165) is 17.5 Å². The lowest BCUT2D eigenvalue weighted by molar-refractivity contribution is 0.592. The van der Waals surface area contributed by atoms with Gasteiger partial charge < -0.3 is 0 Å². The Morgan fingerprint density at radius 3 is 2.45 bits per heavy atom. The quantitative estimate of drug-likeness (QED) is 0.672. The molecule has 0 nitrogen and oxygen atoms in total. The smallest absolute Gasteiger partial charge is 0.131 e. The third-order valence-electron chi connectivity index (χ3n) is 3.47. The lowest BCUT2D eigenvalue weighted by atomic mass is 9.95. The van der Waals surface area contributed by atoms with Crippen molar-refractivity contribution in [3.63, 3.8) is 0 Å². The minimum atomic E-state index is -0.265. The molecule has 0 bridgehead atoms. The van der Waals surface area contributed by atoms with E-state index in [2.05, 4.69) is 0 Å². The number of hydrogen-bond donors (Lipinski definition) is 0. The van der Waals surface area contributed by atoms with E-state index in [9.17, 15) is 8.78 Å². The zero-order valence-corrected chi connectivity index (χ0v) is 10.9. The fourth-order valence-corrected chi connectivity index (χ4v) is 2.44. The molecule has 2 aromatic carbocycles. The summed E-state index contributed by atoms with van der Waals surface area (Å²) in [6, 6.07) is 14.0. The highest BCUT2D eigenvalue weighted by Crippen LogP contribution is 2.31. The number of rotatable bonds is 2. The van der Waals surface area contributed by atoms with E-state index in [1.165, 1.54) is 6.07 Å². The summed E-state index contributed by atoms with van der Waals surface area (Å²) in [4.78, 5) is 0. The van der Waals surface area contributed by atoms with Crippen molar-refractivity contribution in [2.45, 2.75) is 12.8 Å². The Kier molecular flexibility index (Phi) is 3.46. The summed E-state index contributed by atoms with van der Waals surface area (Å²) in [7, 11) is 0. The SMILES string of the molecule is FC1=C(c2cccc(-c3ccccc3F)c2)C=CCC1. The molecule has 0 amide bonds. The van der Waals surface area contributed by atoms with E-state index in [4.69, 9.17) is 0 Å². The molecule has 2 heteroatoms. The van der Waals surface area contributed by atoms with Crippen LogP contribution in [0, 0.1) is 5.82 Å². The summed E-state index contributed by atoms with van der Waals surface area (Å²) in [6.07, 6.45) is 4.95. The predicted octanol–water partition coefficient (Wildman–Crippen LogP) is 5.52. The van der Waals surface area contributed by atoms with Crippen LogP contribution in [0.15, 0.2) is 66.5 Å². The number of benzene rings is 2. The van der Waals surface area contributed by atoms with Crippen LogP contribution in [0.4, 0.5) is 8.78 Å². The van der Waals surface area contributed by atoms with E-state index in [1.807, 2.05) is 30.3 Å². The summed E-state index contributed by atoms with van der Waals surface area (Å²) in [5.74, 6) is -0.364. The Morgan fingerprint density at radius 1 is 0.850 bits per heavy atom. The molecule has 0 spiro atoms. The van der Waals surface area contributed by atoms with Crippen molar-refractivity contribution in [2.24, 2.45) is 0 Å². The van der Waals surface area contributed by atoms with Crippen LogP contribution in [0.5, 0.6) is 0 Å². The molecule has 20 heavy (non-hydrogen) atoms. The van der Waals surface area contributed by atoms with Crippen molar-refractivity contribution in [1.82, 2.24) is 0 Å². The zero-order valence-electron chi connectivity index (χ0n) is 10.9. The first kappa shape index (κ1) is 12.8. The second kappa shape index (κ2) is 5.41. The van der Waals surface area contributed by atoms with E-state index in [-0.39, 0.29) is 11.6 Å². The molecule has 0 N–H and O–H groups in total. The Labute approximate surface area is 117 Å². The number of halogens is 2. The van der Waals surface area contributed by atoms with Crippen LogP contribution in [0.2, 0.25) is 0 Å². The van der Waals surface area contributed by atoms with Gasteiger partial charge in [0.1, 0.15) is 11.6 Å². The Balaban J connectivity index is 2.07. The van der Waals surface area contributed by atoms with Gasteiger partial charge in [-0.15, -0.1) is 0 Å². The molecule has 100 valence electrons. The maximum Gasteiger partial charge on any atom is 0.131 e.